The lowest BCUT2D eigenvalue weighted by Crippen LogP contribution is -2.23. The number of hydrogen-bond acceptors (Lipinski definition) is 4. The number of rotatable bonds is 7. The maximum absolute atomic E-state index is 12.4. The highest BCUT2D eigenvalue weighted by molar-refractivity contribution is 9.10. The van der Waals surface area contributed by atoms with E-state index in [1.165, 1.54) is 11.3 Å². The summed E-state index contributed by atoms with van der Waals surface area (Å²) in [4.78, 5) is 13.0. The number of carbonyl (C=O) groups excluding carboxylic acids is 1. The molecule has 0 saturated heterocycles. The molecule has 26 heavy (non-hydrogen) atoms. The standard InChI is InChI=1S/C18H17BrClN3O2S/c1-2-23-16(15(19)8-22-23)9-21-18(24)17-6-12(11-26-17)10-25-14-5-3-4-13(20)7-14/h3-8,11H,2,9-10H2,1H3,(H,21,24). The van der Waals surface area contributed by atoms with Crippen molar-refractivity contribution in [3.05, 3.63) is 67.5 Å². The van der Waals surface area contributed by atoms with E-state index < -0.39 is 0 Å². The van der Waals surface area contributed by atoms with Gasteiger partial charge in [-0.3, -0.25) is 9.48 Å². The third-order valence-electron chi connectivity index (χ3n) is 3.69. The lowest BCUT2D eigenvalue weighted by atomic mass is 10.3. The SMILES string of the molecule is CCn1ncc(Br)c1CNC(=O)c1cc(COc2cccc(Cl)c2)cs1. The highest BCUT2D eigenvalue weighted by Gasteiger charge is 2.13. The van der Waals surface area contributed by atoms with Crippen LogP contribution in [-0.2, 0) is 19.7 Å². The Kier molecular flexibility index (Phi) is 6.34. The molecule has 0 aliphatic rings. The predicted octanol–water partition coefficient (Wildman–Crippen LogP) is 4.89. The Hall–Kier alpha value is -1.83. The zero-order valence-electron chi connectivity index (χ0n) is 14.0. The number of carbonyl (C=O) groups is 1. The number of ether oxygens (including phenoxy) is 1. The fraction of sp³-hybridized carbons (Fsp3) is 0.222. The molecule has 2 heterocycles. The van der Waals surface area contributed by atoms with Gasteiger partial charge in [0.05, 0.1) is 27.8 Å². The van der Waals surface area contributed by atoms with E-state index in [9.17, 15) is 4.79 Å². The molecule has 1 amide bonds. The van der Waals surface area contributed by atoms with Crippen LogP contribution < -0.4 is 10.1 Å². The summed E-state index contributed by atoms with van der Waals surface area (Å²) in [5.74, 6) is 0.590. The summed E-state index contributed by atoms with van der Waals surface area (Å²) >= 11 is 10.8. The molecule has 8 heteroatoms. The molecular weight excluding hydrogens is 438 g/mol. The quantitative estimate of drug-likeness (QED) is 0.553. The predicted molar refractivity (Wildman–Crippen MR) is 107 cm³/mol. The van der Waals surface area contributed by atoms with Crippen LogP contribution in [0.2, 0.25) is 5.02 Å². The van der Waals surface area contributed by atoms with Crippen molar-refractivity contribution in [3.63, 3.8) is 0 Å². The van der Waals surface area contributed by atoms with Gasteiger partial charge in [0.25, 0.3) is 5.91 Å². The molecule has 0 radical (unpaired) electrons. The smallest absolute Gasteiger partial charge is 0.261 e. The molecule has 0 atom stereocenters. The van der Waals surface area contributed by atoms with Crippen LogP contribution in [-0.4, -0.2) is 15.7 Å². The second kappa shape index (κ2) is 8.70. The lowest BCUT2D eigenvalue weighted by molar-refractivity contribution is 0.0954. The summed E-state index contributed by atoms with van der Waals surface area (Å²) in [6.45, 7) is 3.56. The number of nitrogens with zero attached hydrogens (tertiary/aromatic N) is 2. The topological polar surface area (TPSA) is 56.2 Å². The third-order valence-corrected chi connectivity index (χ3v) is 5.57. The number of amides is 1. The molecule has 1 aromatic carbocycles. The van der Waals surface area contributed by atoms with Crippen LogP contribution in [0.4, 0.5) is 0 Å². The van der Waals surface area contributed by atoms with Gasteiger partial charge in [0.1, 0.15) is 12.4 Å². The average Bonchev–Trinajstić information content (AvgIpc) is 3.24. The fourth-order valence-electron chi connectivity index (χ4n) is 2.38. The maximum atomic E-state index is 12.4. The van der Waals surface area contributed by atoms with E-state index in [0.29, 0.717) is 28.8 Å². The zero-order chi connectivity index (χ0) is 18.5. The van der Waals surface area contributed by atoms with Crippen LogP contribution in [0, 0.1) is 0 Å². The van der Waals surface area contributed by atoms with E-state index in [1.54, 1.807) is 18.3 Å². The molecule has 2 aromatic heterocycles. The second-order valence-electron chi connectivity index (χ2n) is 5.50. The van der Waals surface area contributed by atoms with E-state index >= 15 is 0 Å². The molecule has 0 spiro atoms. The Morgan fingerprint density at radius 2 is 2.27 bits per heavy atom. The van der Waals surface area contributed by atoms with Gasteiger partial charge >= 0.3 is 0 Å². The fourth-order valence-corrected chi connectivity index (χ4v) is 3.81. The monoisotopic (exact) mass is 453 g/mol. The molecule has 3 rings (SSSR count). The first-order valence-corrected chi connectivity index (χ1v) is 10.1. The van der Waals surface area contributed by atoms with Gasteiger partial charge in [-0.1, -0.05) is 17.7 Å². The molecule has 0 fully saturated rings. The van der Waals surface area contributed by atoms with E-state index in [4.69, 9.17) is 16.3 Å². The Morgan fingerprint density at radius 3 is 3.04 bits per heavy atom. The van der Waals surface area contributed by atoms with Crippen LogP contribution in [0.5, 0.6) is 5.75 Å². The Morgan fingerprint density at radius 1 is 1.42 bits per heavy atom. The lowest BCUT2D eigenvalue weighted by Gasteiger charge is -2.07. The molecule has 0 aliphatic heterocycles. The minimum absolute atomic E-state index is 0.111. The van der Waals surface area contributed by atoms with Gasteiger partial charge in [0.15, 0.2) is 0 Å². The van der Waals surface area contributed by atoms with Gasteiger partial charge < -0.3 is 10.1 Å². The van der Waals surface area contributed by atoms with Crippen LogP contribution in [0.15, 0.2) is 46.4 Å². The van der Waals surface area contributed by atoms with E-state index in [1.807, 2.05) is 35.2 Å². The van der Waals surface area contributed by atoms with E-state index in [0.717, 1.165) is 22.3 Å². The van der Waals surface area contributed by atoms with Gasteiger partial charge in [-0.2, -0.15) is 5.10 Å². The van der Waals surface area contributed by atoms with E-state index in [-0.39, 0.29) is 5.91 Å². The van der Waals surface area contributed by atoms with Crippen LogP contribution in [0.3, 0.4) is 0 Å². The summed E-state index contributed by atoms with van der Waals surface area (Å²) in [6.07, 6.45) is 1.74. The molecule has 0 saturated carbocycles. The Labute approximate surface area is 169 Å². The average molecular weight is 455 g/mol. The van der Waals surface area contributed by atoms with Gasteiger partial charge in [-0.15, -0.1) is 11.3 Å². The second-order valence-corrected chi connectivity index (χ2v) is 7.70. The van der Waals surface area contributed by atoms with Gasteiger partial charge in [0, 0.05) is 17.1 Å². The van der Waals surface area contributed by atoms with E-state index in [2.05, 4.69) is 26.3 Å². The number of benzene rings is 1. The normalized spacial score (nSPS) is 10.7. The van der Waals surface area contributed by atoms with Crippen molar-refractivity contribution in [1.29, 1.82) is 0 Å². The molecular formula is C18H17BrClN3O2S. The molecule has 0 unspecified atom stereocenters. The number of halogens is 2. The Balaban J connectivity index is 1.56. The summed E-state index contributed by atoms with van der Waals surface area (Å²) in [5.41, 5.74) is 1.89. The molecule has 0 bridgehead atoms. The van der Waals surface area contributed by atoms with Crippen LogP contribution >= 0.6 is 38.9 Å². The summed E-state index contributed by atoms with van der Waals surface area (Å²) < 4.78 is 8.44. The minimum Gasteiger partial charge on any atom is -0.489 e. The Bertz CT molecular complexity index is 909. The first-order valence-electron chi connectivity index (χ1n) is 8.01. The first-order chi connectivity index (χ1) is 12.6. The van der Waals surface area contributed by atoms with Gasteiger partial charge in [0.2, 0.25) is 0 Å². The number of thiophene rings is 1. The molecule has 5 nitrogen and oxygen atoms in total. The highest BCUT2D eigenvalue weighted by atomic mass is 79.9. The summed E-state index contributed by atoms with van der Waals surface area (Å²) in [6, 6.07) is 9.08. The largest absolute Gasteiger partial charge is 0.489 e. The van der Waals surface area contributed by atoms with Crippen molar-refractivity contribution >= 4 is 44.8 Å². The number of aryl methyl sites for hydroxylation is 1. The van der Waals surface area contributed by atoms with Crippen molar-refractivity contribution in [2.24, 2.45) is 0 Å². The van der Waals surface area contributed by atoms with Crippen molar-refractivity contribution in [2.45, 2.75) is 26.6 Å². The van der Waals surface area contributed by atoms with Crippen LogP contribution in [0.25, 0.3) is 0 Å². The zero-order valence-corrected chi connectivity index (χ0v) is 17.2. The van der Waals surface area contributed by atoms with Crippen molar-refractivity contribution in [3.8, 4) is 5.75 Å². The highest BCUT2D eigenvalue weighted by Crippen LogP contribution is 2.21. The number of hydrogen-bond donors (Lipinski definition) is 1. The number of aromatic nitrogens is 2. The molecule has 3 aromatic rings. The molecule has 1 N–H and O–H groups in total. The summed E-state index contributed by atoms with van der Waals surface area (Å²) in [5, 5.41) is 9.73. The minimum atomic E-state index is -0.111. The molecule has 0 aliphatic carbocycles. The first kappa shape index (κ1) is 18.9. The summed E-state index contributed by atoms with van der Waals surface area (Å²) in [7, 11) is 0. The van der Waals surface area contributed by atoms with Gasteiger partial charge in [-0.05, 0) is 52.5 Å². The van der Waals surface area contributed by atoms with Crippen molar-refractivity contribution in [1.82, 2.24) is 15.1 Å². The number of nitrogens with one attached hydrogen (secondary N) is 1. The maximum Gasteiger partial charge on any atom is 0.261 e. The van der Waals surface area contributed by atoms with Crippen molar-refractivity contribution in [2.75, 3.05) is 0 Å². The third kappa shape index (κ3) is 4.66. The van der Waals surface area contributed by atoms with Crippen LogP contribution in [0.1, 0.15) is 27.9 Å². The van der Waals surface area contributed by atoms with Gasteiger partial charge in [-0.25, -0.2) is 0 Å². The molecule has 136 valence electrons. The van der Waals surface area contributed by atoms with Crippen molar-refractivity contribution < 1.29 is 9.53 Å².